The first kappa shape index (κ1) is 23.9. The Morgan fingerprint density at radius 3 is 2.30 bits per heavy atom. The molecule has 0 bridgehead atoms. The summed E-state index contributed by atoms with van der Waals surface area (Å²) in [6.45, 7) is 2.70. The van der Waals surface area contributed by atoms with Crippen molar-refractivity contribution in [1.82, 2.24) is 24.5 Å². The first-order chi connectivity index (χ1) is 18.1. The number of hydrogen-bond donors (Lipinski definition) is 2. The monoisotopic (exact) mass is 497 g/mol. The molecular weight excluding hydrogens is 470 g/mol. The highest BCUT2D eigenvalue weighted by Gasteiger charge is 2.17. The summed E-state index contributed by atoms with van der Waals surface area (Å²) in [6, 6.07) is 19.7. The number of aryl methyl sites for hydroxylation is 1. The van der Waals surface area contributed by atoms with E-state index < -0.39 is 0 Å². The molecule has 0 aliphatic heterocycles. The number of para-hydroxylation sites is 2. The third-order valence-electron chi connectivity index (χ3n) is 5.94. The van der Waals surface area contributed by atoms with E-state index >= 15 is 0 Å². The first-order valence-electron chi connectivity index (χ1n) is 11.6. The smallest absolute Gasteiger partial charge is 0.241 e. The fraction of sp³-hybridized carbons (Fsp3) is 0.185. The summed E-state index contributed by atoms with van der Waals surface area (Å²) >= 11 is 0. The molecule has 0 unspecified atom stereocenters. The number of benzene rings is 3. The zero-order valence-electron chi connectivity index (χ0n) is 21.0. The van der Waals surface area contributed by atoms with Gasteiger partial charge in [0.25, 0.3) is 0 Å². The van der Waals surface area contributed by atoms with Gasteiger partial charge in [-0.05, 0) is 30.2 Å². The fourth-order valence-corrected chi connectivity index (χ4v) is 4.07. The lowest BCUT2D eigenvalue weighted by Crippen LogP contribution is -2.11. The standard InChI is InChI=1S/C27H27N7O3/c1-17-9-5-6-10-18(17)15-28-26-32-20-11-7-8-12-21(20)34(26)27-30-16-29-25(33-27)31-19-13-22(35-2)24(37-4)23(14-19)36-3/h5-14,16H,15H2,1-4H3,(H,28,32)(H,29,30,31,33). The van der Waals surface area contributed by atoms with E-state index in [-0.39, 0.29) is 0 Å². The van der Waals surface area contributed by atoms with Crippen molar-refractivity contribution in [1.29, 1.82) is 0 Å². The van der Waals surface area contributed by atoms with Gasteiger partial charge in [0, 0.05) is 24.4 Å². The molecule has 10 heteroatoms. The molecule has 3 aromatic carbocycles. The van der Waals surface area contributed by atoms with E-state index in [0.29, 0.717) is 47.3 Å². The normalized spacial score (nSPS) is 10.8. The molecule has 0 atom stereocenters. The summed E-state index contributed by atoms with van der Waals surface area (Å²) in [7, 11) is 4.70. The molecule has 2 heterocycles. The van der Waals surface area contributed by atoms with Crippen LogP contribution in [-0.2, 0) is 6.54 Å². The second-order valence-corrected chi connectivity index (χ2v) is 8.19. The molecule has 0 saturated heterocycles. The third-order valence-corrected chi connectivity index (χ3v) is 5.94. The molecule has 37 heavy (non-hydrogen) atoms. The highest BCUT2D eigenvalue weighted by atomic mass is 16.5. The van der Waals surface area contributed by atoms with Crippen molar-refractivity contribution in [2.24, 2.45) is 0 Å². The summed E-state index contributed by atoms with van der Waals surface area (Å²) in [5.41, 5.74) is 4.75. The van der Waals surface area contributed by atoms with Gasteiger partial charge in [-0.2, -0.15) is 4.98 Å². The van der Waals surface area contributed by atoms with Crippen LogP contribution in [-0.4, -0.2) is 45.8 Å². The van der Waals surface area contributed by atoms with Crippen LogP contribution in [0.2, 0.25) is 0 Å². The molecule has 10 nitrogen and oxygen atoms in total. The predicted octanol–water partition coefficient (Wildman–Crippen LogP) is 4.90. The number of nitrogens with one attached hydrogen (secondary N) is 2. The number of rotatable bonds is 9. The van der Waals surface area contributed by atoms with Crippen LogP contribution in [0.25, 0.3) is 17.0 Å². The van der Waals surface area contributed by atoms with Crippen molar-refractivity contribution >= 4 is 28.6 Å². The lowest BCUT2D eigenvalue weighted by molar-refractivity contribution is 0.324. The number of nitrogens with zero attached hydrogens (tertiary/aromatic N) is 5. The zero-order valence-corrected chi connectivity index (χ0v) is 21.0. The van der Waals surface area contributed by atoms with Crippen LogP contribution in [0.15, 0.2) is 67.0 Å². The van der Waals surface area contributed by atoms with Crippen molar-refractivity contribution in [3.05, 3.63) is 78.1 Å². The molecule has 2 aromatic heterocycles. The Hall–Kier alpha value is -4.86. The van der Waals surface area contributed by atoms with Crippen LogP contribution in [0.4, 0.5) is 17.6 Å². The SMILES string of the molecule is COc1cc(Nc2ncnc(-n3c(NCc4ccccc4C)nc4ccccc43)n2)cc(OC)c1OC. The molecule has 188 valence electrons. The van der Waals surface area contributed by atoms with Gasteiger partial charge in [0.15, 0.2) is 11.5 Å². The maximum absolute atomic E-state index is 5.46. The Kier molecular flexibility index (Phi) is 6.71. The van der Waals surface area contributed by atoms with Crippen molar-refractivity contribution in [2.75, 3.05) is 32.0 Å². The highest BCUT2D eigenvalue weighted by molar-refractivity contribution is 5.80. The number of methoxy groups -OCH3 is 3. The van der Waals surface area contributed by atoms with Crippen LogP contribution < -0.4 is 24.8 Å². The van der Waals surface area contributed by atoms with Crippen LogP contribution in [0.1, 0.15) is 11.1 Å². The molecule has 0 spiro atoms. The second kappa shape index (κ2) is 10.4. The fourth-order valence-electron chi connectivity index (χ4n) is 4.07. The number of anilines is 3. The van der Waals surface area contributed by atoms with Crippen molar-refractivity contribution < 1.29 is 14.2 Å². The molecule has 2 N–H and O–H groups in total. The Morgan fingerprint density at radius 2 is 1.57 bits per heavy atom. The molecule has 5 aromatic rings. The largest absolute Gasteiger partial charge is 0.493 e. The minimum Gasteiger partial charge on any atom is -0.493 e. The van der Waals surface area contributed by atoms with Crippen LogP contribution in [0, 0.1) is 6.92 Å². The van der Waals surface area contributed by atoms with Gasteiger partial charge in [-0.15, -0.1) is 0 Å². The predicted molar refractivity (Wildman–Crippen MR) is 142 cm³/mol. The van der Waals surface area contributed by atoms with Gasteiger partial charge < -0.3 is 24.8 Å². The van der Waals surface area contributed by atoms with Gasteiger partial charge in [-0.1, -0.05) is 36.4 Å². The summed E-state index contributed by atoms with van der Waals surface area (Å²) in [5, 5.41) is 6.66. The molecule has 0 amide bonds. The molecule has 0 fully saturated rings. The summed E-state index contributed by atoms with van der Waals surface area (Å²) in [5.74, 6) is 2.94. The maximum Gasteiger partial charge on any atom is 0.241 e. The molecular formula is C27H27N7O3. The zero-order chi connectivity index (χ0) is 25.8. The lowest BCUT2D eigenvalue weighted by Gasteiger charge is -2.15. The quantitative estimate of drug-likeness (QED) is 0.294. The lowest BCUT2D eigenvalue weighted by atomic mass is 10.1. The number of aromatic nitrogens is 5. The molecule has 0 radical (unpaired) electrons. The van der Waals surface area contributed by atoms with E-state index in [2.05, 4.69) is 44.6 Å². The van der Waals surface area contributed by atoms with Crippen LogP contribution in [0.3, 0.4) is 0 Å². The van der Waals surface area contributed by atoms with Gasteiger partial charge in [0.2, 0.25) is 23.6 Å². The molecule has 0 saturated carbocycles. The second-order valence-electron chi connectivity index (χ2n) is 8.19. The van der Waals surface area contributed by atoms with Gasteiger partial charge in [-0.3, -0.25) is 0 Å². The third kappa shape index (κ3) is 4.81. The maximum atomic E-state index is 5.46. The minimum absolute atomic E-state index is 0.349. The molecule has 5 rings (SSSR count). The van der Waals surface area contributed by atoms with Crippen molar-refractivity contribution in [3.63, 3.8) is 0 Å². The summed E-state index contributed by atoms with van der Waals surface area (Å²) in [4.78, 5) is 18.2. The van der Waals surface area contributed by atoms with Crippen molar-refractivity contribution in [2.45, 2.75) is 13.5 Å². The van der Waals surface area contributed by atoms with E-state index in [9.17, 15) is 0 Å². The highest BCUT2D eigenvalue weighted by Crippen LogP contribution is 2.40. The molecule has 0 aliphatic rings. The van der Waals surface area contributed by atoms with Gasteiger partial charge in [0.1, 0.15) is 6.33 Å². The van der Waals surface area contributed by atoms with Crippen LogP contribution in [0.5, 0.6) is 17.2 Å². The van der Waals surface area contributed by atoms with Crippen LogP contribution >= 0.6 is 0 Å². The minimum atomic E-state index is 0.349. The average Bonchev–Trinajstić information content (AvgIpc) is 3.30. The van der Waals surface area contributed by atoms with E-state index in [0.717, 1.165) is 11.0 Å². The van der Waals surface area contributed by atoms with Gasteiger partial charge in [-0.25, -0.2) is 19.5 Å². The number of imidazole rings is 1. The summed E-state index contributed by atoms with van der Waals surface area (Å²) in [6.07, 6.45) is 1.46. The number of fused-ring (bicyclic) bond motifs is 1. The topological polar surface area (TPSA) is 108 Å². The Balaban J connectivity index is 1.50. The molecule has 0 aliphatic carbocycles. The van der Waals surface area contributed by atoms with E-state index in [1.807, 2.05) is 41.0 Å². The van der Waals surface area contributed by atoms with E-state index in [1.165, 1.54) is 17.5 Å². The van der Waals surface area contributed by atoms with E-state index in [4.69, 9.17) is 19.2 Å². The number of ether oxygens (including phenoxy) is 3. The van der Waals surface area contributed by atoms with E-state index in [1.54, 1.807) is 33.5 Å². The van der Waals surface area contributed by atoms with Gasteiger partial charge in [0.05, 0.1) is 32.4 Å². The average molecular weight is 498 g/mol. The Labute approximate surface area is 214 Å². The van der Waals surface area contributed by atoms with Crippen molar-refractivity contribution in [3.8, 4) is 23.2 Å². The summed E-state index contributed by atoms with van der Waals surface area (Å²) < 4.78 is 18.2. The first-order valence-corrected chi connectivity index (χ1v) is 11.6. The van der Waals surface area contributed by atoms with Gasteiger partial charge >= 0.3 is 0 Å². The number of hydrogen-bond acceptors (Lipinski definition) is 9. The Morgan fingerprint density at radius 1 is 0.838 bits per heavy atom. The Bertz CT molecular complexity index is 1530.